The Balaban J connectivity index is 1.89. The van der Waals surface area contributed by atoms with E-state index in [-0.39, 0.29) is 16.9 Å². The summed E-state index contributed by atoms with van der Waals surface area (Å²) in [7, 11) is 0. The number of likely N-dealkylation sites (tertiary alicyclic amines) is 1. The molecule has 1 saturated heterocycles. The van der Waals surface area contributed by atoms with E-state index in [1.807, 2.05) is 4.90 Å². The van der Waals surface area contributed by atoms with Gasteiger partial charge in [-0.05, 0) is 30.1 Å². The number of nitrogens with one attached hydrogen (secondary N) is 1. The topological polar surface area (TPSA) is 32.3 Å². The van der Waals surface area contributed by atoms with E-state index in [2.05, 4.69) is 33.0 Å². The number of hydrogen-bond donors (Lipinski definition) is 1. The molecule has 0 aromatic heterocycles. The smallest absolute Gasteiger partial charge is 0.317 e. The lowest BCUT2D eigenvalue weighted by Crippen LogP contribution is -2.44. The molecule has 0 unspecified atom stereocenters. The van der Waals surface area contributed by atoms with Crippen LogP contribution in [0.1, 0.15) is 47.0 Å². The summed E-state index contributed by atoms with van der Waals surface area (Å²) in [5, 5.41) is 3.19. The summed E-state index contributed by atoms with van der Waals surface area (Å²) in [6.45, 7) is 10.8. The highest BCUT2D eigenvalue weighted by molar-refractivity contribution is 5.75. The van der Waals surface area contributed by atoms with Crippen LogP contribution in [0.15, 0.2) is 0 Å². The van der Waals surface area contributed by atoms with E-state index in [0.29, 0.717) is 6.04 Å². The largest absolute Gasteiger partial charge is 0.334 e. The van der Waals surface area contributed by atoms with Crippen molar-refractivity contribution in [3.8, 4) is 0 Å². The number of carbonyl (C=O) groups excluding carboxylic acids is 1. The zero-order valence-electron chi connectivity index (χ0n) is 11.0. The Morgan fingerprint density at radius 3 is 2.00 bits per heavy atom. The summed E-state index contributed by atoms with van der Waals surface area (Å²) < 4.78 is 0. The van der Waals surface area contributed by atoms with Gasteiger partial charge in [-0.3, -0.25) is 0 Å². The maximum atomic E-state index is 12.0. The van der Waals surface area contributed by atoms with Gasteiger partial charge in [0.2, 0.25) is 0 Å². The van der Waals surface area contributed by atoms with Gasteiger partial charge in [0.15, 0.2) is 0 Å². The van der Waals surface area contributed by atoms with Gasteiger partial charge in [0.05, 0.1) is 0 Å². The highest BCUT2D eigenvalue weighted by atomic mass is 16.2. The minimum Gasteiger partial charge on any atom is -0.334 e. The van der Waals surface area contributed by atoms with Gasteiger partial charge in [-0.25, -0.2) is 4.79 Å². The molecule has 92 valence electrons. The average molecular weight is 224 g/mol. The first-order valence-electron chi connectivity index (χ1n) is 6.43. The van der Waals surface area contributed by atoms with Gasteiger partial charge in [0, 0.05) is 19.1 Å². The van der Waals surface area contributed by atoms with Crippen LogP contribution in [-0.4, -0.2) is 30.1 Å². The van der Waals surface area contributed by atoms with Gasteiger partial charge < -0.3 is 10.2 Å². The molecule has 3 nitrogen and oxygen atoms in total. The fourth-order valence-electron chi connectivity index (χ4n) is 2.87. The standard InChI is InChI=1S/C13H24N2O/c1-12(2)10(13(12,3)4)14-11(16)15-8-6-5-7-9-15/h10H,5-9H2,1-4H3,(H,14,16). The van der Waals surface area contributed by atoms with Crippen molar-refractivity contribution >= 4 is 6.03 Å². The lowest BCUT2D eigenvalue weighted by molar-refractivity contribution is 0.184. The van der Waals surface area contributed by atoms with E-state index in [0.717, 1.165) is 25.9 Å². The van der Waals surface area contributed by atoms with Crippen LogP contribution in [0.5, 0.6) is 0 Å². The van der Waals surface area contributed by atoms with Crippen LogP contribution in [-0.2, 0) is 0 Å². The Morgan fingerprint density at radius 2 is 1.56 bits per heavy atom. The van der Waals surface area contributed by atoms with Crippen molar-refractivity contribution < 1.29 is 4.79 Å². The molecule has 2 amide bonds. The number of hydrogen-bond acceptors (Lipinski definition) is 1. The van der Waals surface area contributed by atoms with Gasteiger partial charge in [0.1, 0.15) is 0 Å². The van der Waals surface area contributed by atoms with Gasteiger partial charge in [-0.1, -0.05) is 27.7 Å². The Labute approximate surface area is 98.6 Å². The highest BCUT2D eigenvalue weighted by Gasteiger charge is 2.65. The first-order valence-corrected chi connectivity index (χ1v) is 6.43. The van der Waals surface area contributed by atoms with Crippen molar-refractivity contribution in [1.29, 1.82) is 0 Å². The van der Waals surface area contributed by atoms with Crippen molar-refractivity contribution in [3.63, 3.8) is 0 Å². The molecule has 1 saturated carbocycles. The zero-order valence-corrected chi connectivity index (χ0v) is 11.0. The monoisotopic (exact) mass is 224 g/mol. The second-order valence-corrected chi connectivity index (χ2v) is 6.37. The van der Waals surface area contributed by atoms with Crippen LogP contribution in [0.25, 0.3) is 0 Å². The van der Waals surface area contributed by atoms with Crippen LogP contribution in [0.2, 0.25) is 0 Å². The zero-order chi connectivity index (χ0) is 12.0. The van der Waals surface area contributed by atoms with Gasteiger partial charge in [-0.15, -0.1) is 0 Å². The number of nitrogens with zero attached hydrogens (tertiary/aromatic N) is 1. The van der Waals surface area contributed by atoms with Crippen molar-refractivity contribution in [2.45, 2.75) is 53.0 Å². The third-order valence-electron chi connectivity index (χ3n) is 4.93. The number of urea groups is 1. The second kappa shape index (κ2) is 3.64. The first-order chi connectivity index (χ1) is 7.37. The molecule has 0 radical (unpaired) electrons. The van der Waals surface area contributed by atoms with E-state index in [1.165, 1.54) is 6.42 Å². The molecule has 16 heavy (non-hydrogen) atoms. The van der Waals surface area contributed by atoms with E-state index in [9.17, 15) is 4.79 Å². The van der Waals surface area contributed by atoms with Crippen molar-refractivity contribution in [2.75, 3.05) is 13.1 Å². The molecule has 1 heterocycles. The van der Waals surface area contributed by atoms with Crippen LogP contribution >= 0.6 is 0 Å². The van der Waals surface area contributed by atoms with Crippen molar-refractivity contribution in [2.24, 2.45) is 10.8 Å². The second-order valence-electron chi connectivity index (χ2n) is 6.37. The molecule has 2 rings (SSSR count). The number of carbonyl (C=O) groups is 1. The Bertz CT molecular complexity index is 276. The van der Waals surface area contributed by atoms with Gasteiger partial charge in [0.25, 0.3) is 0 Å². The lowest BCUT2D eigenvalue weighted by Gasteiger charge is -2.27. The summed E-state index contributed by atoms with van der Waals surface area (Å²) in [6.07, 6.45) is 3.58. The molecule has 3 heteroatoms. The molecule has 1 aliphatic carbocycles. The van der Waals surface area contributed by atoms with E-state index in [1.54, 1.807) is 0 Å². The third kappa shape index (κ3) is 1.70. The molecule has 1 N–H and O–H groups in total. The van der Waals surface area contributed by atoms with Crippen LogP contribution in [0.3, 0.4) is 0 Å². The maximum absolute atomic E-state index is 12.0. The minimum absolute atomic E-state index is 0.142. The van der Waals surface area contributed by atoms with Gasteiger partial charge in [-0.2, -0.15) is 0 Å². The SMILES string of the molecule is CC1(C)C(NC(=O)N2CCCCC2)C1(C)C. The Kier molecular flexibility index (Phi) is 2.67. The average Bonchev–Trinajstić information content (AvgIpc) is 2.62. The summed E-state index contributed by atoms with van der Waals surface area (Å²) in [5.41, 5.74) is 0.469. The fraction of sp³-hybridized carbons (Fsp3) is 0.923. The van der Waals surface area contributed by atoms with E-state index < -0.39 is 0 Å². The van der Waals surface area contributed by atoms with E-state index >= 15 is 0 Å². The lowest BCUT2D eigenvalue weighted by atomic mass is 10.0. The highest BCUT2D eigenvalue weighted by Crippen LogP contribution is 2.62. The summed E-state index contributed by atoms with van der Waals surface area (Å²) in [4.78, 5) is 14.0. The molecule has 0 aromatic rings. The summed E-state index contributed by atoms with van der Waals surface area (Å²) >= 11 is 0. The van der Waals surface area contributed by atoms with Crippen molar-refractivity contribution in [3.05, 3.63) is 0 Å². The number of rotatable bonds is 1. The molecule has 2 fully saturated rings. The van der Waals surface area contributed by atoms with Crippen LogP contribution in [0.4, 0.5) is 4.79 Å². The van der Waals surface area contributed by atoms with Crippen molar-refractivity contribution in [1.82, 2.24) is 10.2 Å². The molecule has 2 aliphatic rings. The normalized spacial score (nSPS) is 27.6. The summed E-state index contributed by atoms with van der Waals surface area (Å²) in [5.74, 6) is 0. The molecular weight excluding hydrogens is 200 g/mol. The van der Waals surface area contributed by atoms with E-state index in [4.69, 9.17) is 0 Å². The Morgan fingerprint density at radius 1 is 1.06 bits per heavy atom. The van der Waals surface area contributed by atoms with Crippen LogP contribution in [0, 0.1) is 10.8 Å². The van der Waals surface area contributed by atoms with Gasteiger partial charge >= 0.3 is 6.03 Å². The molecule has 0 atom stereocenters. The Hall–Kier alpha value is -0.730. The molecule has 0 spiro atoms. The molecule has 0 bridgehead atoms. The summed E-state index contributed by atoms with van der Waals surface area (Å²) in [6, 6.07) is 0.470. The number of amides is 2. The quantitative estimate of drug-likeness (QED) is 0.729. The maximum Gasteiger partial charge on any atom is 0.317 e. The van der Waals surface area contributed by atoms with Crippen LogP contribution < -0.4 is 5.32 Å². The first kappa shape index (κ1) is 11.7. The molecule has 0 aromatic carbocycles. The fourth-order valence-corrected chi connectivity index (χ4v) is 2.87. The molecule has 1 aliphatic heterocycles. The predicted molar refractivity (Wildman–Crippen MR) is 65.3 cm³/mol. The molecular formula is C13H24N2O. The number of piperidine rings is 1. The third-order valence-corrected chi connectivity index (χ3v) is 4.93. The minimum atomic E-state index is 0.142. The predicted octanol–water partition coefficient (Wildman–Crippen LogP) is 2.62.